The molecule has 0 unspecified atom stereocenters. The SMILES string of the molecule is CCOc1cccc(CNc2cccc(I)c2)c1OC. The lowest BCUT2D eigenvalue weighted by atomic mass is 10.1. The minimum atomic E-state index is 0.629. The largest absolute Gasteiger partial charge is 0.493 e. The van der Waals surface area contributed by atoms with Crippen LogP contribution >= 0.6 is 22.6 Å². The first-order valence-corrected chi connectivity index (χ1v) is 7.60. The van der Waals surface area contributed by atoms with Crippen molar-refractivity contribution in [1.82, 2.24) is 0 Å². The lowest BCUT2D eigenvalue weighted by Crippen LogP contribution is -2.04. The van der Waals surface area contributed by atoms with Gasteiger partial charge in [0.15, 0.2) is 11.5 Å². The van der Waals surface area contributed by atoms with Crippen LogP contribution in [0, 0.1) is 3.57 Å². The summed E-state index contributed by atoms with van der Waals surface area (Å²) >= 11 is 2.31. The topological polar surface area (TPSA) is 30.5 Å². The van der Waals surface area contributed by atoms with Crippen molar-refractivity contribution in [2.45, 2.75) is 13.5 Å². The van der Waals surface area contributed by atoms with Gasteiger partial charge in [0.05, 0.1) is 13.7 Å². The summed E-state index contributed by atoms with van der Waals surface area (Å²) in [7, 11) is 1.67. The van der Waals surface area contributed by atoms with Gasteiger partial charge < -0.3 is 14.8 Å². The molecule has 2 aromatic carbocycles. The molecule has 2 aromatic rings. The molecular formula is C16H18INO2. The summed E-state index contributed by atoms with van der Waals surface area (Å²) in [5.41, 5.74) is 2.18. The predicted octanol–water partition coefficient (Wildman–Crippen LogP) is 4.31. The van der Waals surface area contributed by atoms with E-state index in [1.165, 1.54) is 3.57 Å². The Morgan fingerprint density at radius 1 is 1.15 bits per heavy atom. The van der Waals surface area contributed by atoms with Crippen LogP contribution in [0.3, 0.4) is 0 Å². The van der Waals surface area contributed by atoms with Gasteiger partial charge in [-0.25, -0.2) is 0 Å². The number of hydrogen-bond donors (Lipinski definition) is 1. The molecule has 1 N–H and O–H groups in total. The van der Waals surface area contributed by atoms with Gasteiger partial charge in [0.1, 0.15) is 0 Å². The first kappa shape index (κ1) is 15.0. The number of nitrogens with one attached hydrogen (secondary N) is 1. The fraction of sp³-hybridized carbons (Fsp3) is 0.250. The van der Waals surface area contributed by atoms with Crippen LogP contribution < -0.4 is 14.8 Å². The third kappa shape index (κ3) is 3.79. The van der Waals surface area contributed by atoms with Crippen LogP contribution in [0.5, 0.6) is 11.5 Å². The predicted molar refractivity (Wildman–Crippen MR) is 90.6 cm³/mol. The van der Waals surface area contributed by atoms with E-state index in [2.05, 4.69) is 46.1 Å². The van der Waals surface area contributed by atoms with Gasteiger partial charge in [0.25, 0.3) is 0 Å². The highest BCUT2D eigenvalue weighted by molar-refractivity contribution is 14.1. The summed E-state index contributed by atoms with van der Waals surface area (Å²) in [6.07, 6.45) is 0. The number of halogens is 1. The number of methoxy groups -OCH3 is 1. The number of anilines is 1. The van der Waals surface area contributed by atoms with Crippen molar-refractivity contribution < 1.29 is 9.47 Å². The van der Waals surface area contributed by atoms with Crippen molar-refractivity contribution in [2.75, 3.05) is 19.0 Å². The van der Waals surface area contributed by atoms with E-state index in [-0.39, 0.29) is 0 Å². The zero-order valence-electron chi connectivity index (χ0n) is 11.7. The third-order valence-electron chi connectivity index (χ3n) is 2.87. The Hall–Kier alpha value is -1.43. The van der Waals surface area contributed by atoms with Gasteiger partial charge in [0.2, 0.25) is 0 Å². The van der Waals surface area contributed by atoms with Crippen molar-refractivity contribution in [3.05, 3.63) is 51.6 Å². The minimum Gasteiger partial charge on any atom is -0.493 e. The maximum absolute atomic E-state index is 5.59. The van der Waals surface area contributed by atoms with Gasteiger partial charge in [-0.3, -0.25) is 0 Å². The third-order valence-corrected chi connectivity index (χ3v) is 3.54. The molecule has 20 heavy (non-hydrogen) atoms. The molecule has 106 valence electrons. The molecule has 0 fully saturated rings. The van der Waals surface area contributed by atoms with E-state index in [4.69, 9.17) is 9.47 Å². The van der Waals surface area contributed by atoms with Crippen LogP contribution in [0.4, 0.5) is 5.69 Å². The molecule has 0 saturated carbocycles. The number of ether oxygens (including phenoxy) is 2. The van der Waals surface area contributed by atoms with Gasteiger partial charge in [-0.15, -0.1) is 0 Å². The number of para-hydroxylation sites is 1. The molecule has 0 aliphatic heterocycles. The van der Waals surface area contributed by atoms with Crippen LogP contribution in [-0.2, 0) is 6.54 Å². The molecular weight excluding hydrogens is 365 g/mol. The van der Waals surface area contributed by atoms with Crippen molar-refractivity contribution in [2.24, 2.45) is 0 Å². The second-order valence-corrected chi connectivity index (χ2v) is 5.49. The average Bonchev–Trinajstić information content (AvgIpc) is 2.45. The molecule has 0 saturated heterocycles. The van der Waals surface area contributed by atoms with Gasteiger partial charge >= 0.3 is 0 Å². The molecule has 0 amide bonds. The maximum atomic E-state index is 5.59. The molecule has 0 aromatic heterocycles. The maximum Gasteiger partial charge on any atom is 0.165 e. The molecule has 0 heterocycles. The Bertz CT molecular complexity index is 572. The fourth-order valence-electron chi connectivity index (χ4n) is 2.00. The first-order chi connectivity index (χ1) is 9.74. The summed E-state index contributed by atoms with van der Waals surface area (Å²) in [4.78, 5) is 0. The van der Waals surface area contributed by atoms with Gasteiger partial charge in [-0.2, -0.15) is 0 Å². The van der Waals surface area contributed by atoms with Crippen molar-refractivity contribution in [1.29, 1.82) is 0 Å². The molecule has 3 nitrogen and oxygen atoms in total. The Balaban J connectivity index is 2.14. The van der Waals surface area contributed by atoms with Crippen LogP contribution in [0.25, 0.3) is 0 Å². The van der Waals surface area contributed by atoms with Gasteiger partial charge in [0, 0.05) is 21.4 Å². The molecule has 0 atom stereocenters. The van der Waals surface area contributed by atoms with Crippen LogP contribution in [0.1, 0.15) is 12.5 Å². The molecule has 0 radical (unpaired) electrons. The summed E-state index contributed by atoms with van der Waals surface area (Å²) < 4.78 is 12.3. The van der Waals surface area contributed by atoms with Crippen LogP contribution in [0.15, 0.2) is 42.5 Å². The van der Waals surface area contributed by atoms with E-state index in [9.17, 15) is 0 Å². The Kier molecular flexibility index (Phi) is 5.52. The standard InChI is InChI=1S/C16H18INO2/c1-3-20-15-9-4-6-12(16(15)19-2)11-18-14-8-5-7-13(17)10-14/h4-10,18H,3,11H2,1-2H3. The van der Waals surface area contributed by atoms with E-state index in [1.54, 1.807) is 7.11 Å². The molecule has 4 heteroatoms. The van der Waals surface area contributed by atoms with E-state index >= 15 is 0 Å². The van der Waals surface area contributed by atoms with Gasteiger partial charge in [-0.1, -0.05) is 18.2 Å². The molecule has 0 aliphatic rings. The minimum absolute atomic E-state index is 0.629. The summed E-state index contributed by atoms with van der Waals surface area (Å²) in [5, 5.41) is 3.41. The second kappa shape index (κ2) is 7.38. The summed E-state index contributed by atoms with van der Waals surface area (Å²) in [6.45, 7) is 3.30. The highest BCUT2D eigenvalue weighted by Gasteiger charge is 2.09. The quantitative estimate of drug-likeness (QED) is 0.755. The van der Waals surface area contributed by atoms with E-state index in [1.807, 2.05) is 31.2 Å². The highest BCUT2D eigenvalue weighted by atomic mass is 127. The monoisotopic (exact) mass is 383 g/mol. The smallest absolute Gasteiger partial charge is 0.165 e. The second-order valence-electron chi connectivity index (χ2n) is 4.25. The molecule has 0 bridgehead atoms. The lowest BCUT2D eigenvalue weighted by molar-refractivity contribution is 0.309. The van der Waals surface area contributed by atoms with Crippen LogP contribution in [-0.4, -0.2) is 13.7 Å². The average molecular weight is 383 g/mol. The molecule has 2 rings (SSSR count). The first-order valence-electron chi connectivity index (χ1n) is 6.52. The Labute approximate surface area is 133 Å². The normalized spacial score (nSPS) is 10.2. The number of benzene rings is 2. The van der Waals surface area contributed by atoms with E-state index < -0.39 is 0 Å². The van der Waals surface area contributed by atoms with Crippen molar-refractivity contribution in [3.63, 3.8) is 0 Å². The lowest BCUT2D eigenvalue weighted by Gasteiger charge is -2.14. The number of hydrogen-bond acceptors (Lipinski definition) is 3. The zero-order chi connectivity index (χ0) is 14.4. The highest BCUT2D eigenvalue weighted by Crippen LogP contribution is 2.31. The fourth-order valence-corrected chi connectivity index (χ4v) is 2.54. The van der Waals surface area contributed by atoms with Gasteiger partial charge in [-0.05, 0) is 53.8 Å². The summed E-state index contributed by atoms with van der Waals surface area (Å²) in [5.74, 6) is 1.59. The summed E-state index contributed by atoms with van der Waals surface area (Å²) in [6, 6.07) is 14.2. The van der Waals surface area contributed by atoms with E-state index in [0.29, 0.717) is 13.2 Å². The zero-order valence-corrected chi connectivity index (χ0v) is 13.8. The van der Waals surface area contributed by atoms with Crippen molar-refractivity contribution in [3.8, 4) is 11.5 Å². The molecule has 0 spiro atoms. The number of rotatable bonds is 6. The van der Waals surface area contributed by atoms with Crippen LogP contribution in [0.2, 0.25) is 0 Å². The Morgan fingerprint density at radius 2 is 1.95 bits per heavy atom. The van der Waals surface area contributed by atoms with E-state index in [0.717, 1.165) is 22.7 Å². The molecule has 0 aliphatic carbocycles. The Morgan fingerprint density at radius 3 is 2.65 bits per heavy atom. The van der Waals surface area contributed by atoms with Crippen molar-refractivity contribution >= 4 is 28.3 Å².